The van der Waals surface area contributed by atoms with Gasteiger partial charge in [0.25, 0.3) is 22.7 Å². The van der Waals surface area contributed by atoms with Crippen molar-refractivity contribution < 1.29 is 19.7 Å². The predicted octanol–water partition coefficient (Wildman–Crippen LogP) is 3.41. The van der Waals surface area contributed by atoms with Crippen LogP contribution in [0.25, 0.3) is 0 Å². The molecule has 0 aliphatic heterocycles. The summed E-state index contributed by atoms with van der Waals surface area (Å²) < 4.78 is 0.398. The highest BCUT2D eigenvalue weighted by Crippen LogP contribution is 2.33. The first-order valence-electron chi connectivity index (χ1n) is 6.52. The molecule has 0 spiro atoms. The third kappa shape index (κ3) is 5.69. The largest absolute Gasteiger partial charge is 0.388 e. The van der Waals surface area contributed by atoms with Crippen molar-refractivity contribution in [1.82, 2.24) is 0 Å². The van der Waals surface area contributed by atoms with E-state index in [0.717, 1.165) is 12.1 Å². The van der Waals surface area contributed by atoms with Crippen molar-refractivity contribution in [1.29, 1.82) is 0 Å². The summed E-state index contributed by atoms with van der Waals surface area (Å²) in [6.45, 7) is 0. The first-order valence-corrected chi connectivity index (χ1v) is 7.60. The van der Waals surface area contributed by atoms with Crippen LogP contribution in [-0.2, 0) is 0 Å². The van der Waals surface area contributed by atoms with Crippen LogP contribution in [-0.4, -0.2) is 19.7 Å². The molecule has 0 saturated heterocycles. The second-order valence-electron chi connectivity index (χ2n) is 4.60. The Balaban J connectivity index is 0.000000504. The van der Waals surface area contributed by atoms with Crippen molar-refractivity contribution in [2.45, 2.75) is 7.43 Å². The second-order valence-corrected chi connectivity index (χ2v) is 5.84. The van der Waals surface area contributed by atoms with Gasteiger partial charge in [0.1, 0.15) is 0 Å². The molecule has 15 heteroatoms. The lowest BCUT2D eigenvalue weighted by Crippen LogP contribution is -2.01. The molecule has 0 atom stereocenters. The van der Waals surface area contributed by atoms with Crippen LogP contribution in [0.1, 0.15) is 7.43 Å². The highest BCUT2D eigenvalue weighted by Gasteiger charge is 2.23. The first kappa shape index (κ1) is 24.4. The number of rotatable bonds is 4. The van der Waals surface area contributed by atoms with Gasteiger partial charge in [0.2, 0.25) is 0 Å². The number of anilines is 2. The van der Waals surface area contributed by atoms with Crippen molar-refractivity contribution in [2.75, 3.05) is 11.5 Å². The Hall–Kier alpha value is -3.63. The van der Waals surface area contributed by atoms with Crippen molar-refractivity contribution in [2.24, 2.45) is 0 Å². The highest BCUT2D eigenvalue weighted by atomic mass is 127. The lowest BCUT2D eigenvalue weighted by atomic mass is 10.2. The molecule has 0 aromatic heterocycles. The predicted molar refractivity (Wildman–Crippen MR) is 108 cm³/mol. The number of nitrogens with two attached hydrogens (primary N) is 2. The van der Waals surface area contributed by atoms with Crippen LogP contribution in [0.15, 0.2) is 30.3 Å². The van der Waals surface area contributed by atoms with Crippen LogP contribution in [0.3, 0.4) is 0 Å². The summed E-state index contributed by atoms with van der Waals surface area (Å²) in [5.41, 5.74) is 7.85. The monoisotopic (exact) mass is 508 g/mol. The molecule has 2 aromatic carbocycles. The Morgan fingerprint density at radius 1 is 0.679 bits per heavy atom. The van der Waals surface area contributed by atoms with E-state index in [-0.39, 0.29) is 7.43 Å². The fraction of sp³-hybridized carbons (Fsp3) is 0.0769. The number of nitro benzene ring substituents is 4. The number of halogens is 1. The fourth-order valence-corrected chi connectivity index (χ4v) is 2.34. The van der Waals surface area contributed by atoms with E-state index in [1.807, 2.05) is 0 Å². The number of nitro groups is 4. The SMILES string of the molecule is C.Nc1c([N+](=O)[O-])cc(I)cc1[N+](=O)[O-].Nc1c([N+](=O)[O-])cccc1[N+](=O)[O-]. The Bertz CT molecular complexity index is 883. The summed E-state index contributed by atoms with van der Waals surface area (Å²) in [5.74, 6) is 0. The molecule has 0 heterocycles. The molecule has 0 bridgehead atoms. The van der Waals surface area contributed by atoms with Crippen LogP contribution in [0.4, 0.5) is 34.1 Å². The third-order valence-electron chi connectivity index (χ3n) is 2.95. The molecule has 4 N–H and O–H groups in total. The van der Waals surface area contributed by atoms with Gasteiger partial charge in [0.05, 0.1) is 19.7 Å². The van der Waals surface area contributed by atoms with Gasteiger partial charge in [-0.2, -0.15) is 0 Å². The van der Waals surface area contributed by atoms with E-state index in [0.29, 0.717) is 3.57 Å². The zero-order valence-electron chi connectivity index (χ0n) is 13.0. The van der Waals surface area contributed by atoms with Gasteiger partial charge in [-0.05, 0) is 28.7 Å². The molecule has 0 aliphatic rings. The second kappa shape index (κ2) is 9.90. The van der Waals surface area contributed by atoms with E-state index in [1.165, 1.54) is 18.2 Å². The zero-order valence-corrected chi connectivity index (χ0v) is 15.1. The van der Waals surface area contributed by atoms with Gasteiger partial charge in [-0.15, -0.1) is 0 Å². The number of hydrogen-bond acceptors (Lipinski definition) is 10. The molecule has 2 aromatic rings. The lowest BCUT2D eigenvalue weighted by Gasteiger charge is -1.99. The molecule has 0 fully saturated rings. The summed E-state index contributed by atoms with van der Waals surface area (Å²) in [6.07, 6.45) is 0. The van der Waals surface area contributed by atoms with E-state index < -0.39 is 53.8 Å². The minimum atomic E-state index is -0.762. The summed E-state index contributed by atoms with van der Waals surface area (Å²) in [6, 6.07) is 5.81. The Morgan fingerprint density at radius 3 is 1.25 bits per heavy atom. The van der Waals surface area contributed by atoms with E-state index in [9.17, 15) is 40.5 Å². The van der Waals surface area contributed by atoms with Crippen LogP contribution >= 0.6 is 22.6 Å². The Morgan fingerprint density at radius 2 is 0.964 bits per heavy atom. The van der Waals surface area contributed by atoms with E-state index in [1.54, 1.807) is 22.6 Å². The maximum atomic E-state index is 10.4. The van der Waals surface area contributed by atoms with Gasteiger partial charge in [-0.3, -0.25) is 40.5 Å². The van der Waals surface area contributed by atoms with Gasteiger partial charge in [0, 0.05) is 27.8 Å². The first-order chi connectivity index (χ1) is 12.5. The number of benzene rings is 2. The Kier molecular flexibility index (Phi) is 8.62. The Labute approximate surface area is 169 Å². The van der Waals surface area contributed by atoms with E-state index in [4.69, 9.17) is 11.5 Å². The smallest absolute Gasteiger partial charge is 0.300 e. The molecule has 0 amide bonds. The molecule has 0 saturated carbocycles. The number of nitrogen functional groups attached to an aromatic ring is 2. The maximum Gasteiger partial charge on any atom is 0.300 e. The third-order valence-corrected chi connectivity index (χ3v) is 3.57. The van der Waals surface area contributed by atoms with Crippen molar-refractivity contribution in [3.05, 3.63) is 74.4 Å². The van der Waals surface area contributed by atoms with Crippen molar-refractivity contribution in [3.8, 4) is 0 Å². The van der Waals surface area contributed by atoms with E-state index >= 15 is 0 Å². The molecular weight excluding hydrogens is 495 g/mol. The summed E-state index contributed by atoms with van der Waals surface area (Å²) in [7, 11) is 0. The molecule has 2 rings (SSSR count). The van der Waals surface area contributed by atoms with Crippen LogP contribution in [0, 0.1) is 44.0 Å². The molecular formula is C13H13IN6O8. The van der Waals surface area contributed by atoms with Gasteiger partial charge in [-0.25, -0.2) is 0 Å². The number of hydrogen-bond donors (Lipinski definition) is 2. The molecule has 0 unspecified atom stereocenters. The van der Waals surface area contributed by atoms with Gasteiger partial charge in [-0.1, -0.05) is 7.43 Å². The van der Waals surface area contributed by atoms with Crippen LogP contribution in [0.2, 0.25) is 0 Å². The minimum Gasteiger partial charge on any atom is -0.388 e. The molecule has 150 valence electrons. The zero-order chi connectivity index (χ0) is 20.9. The van der Waals surface area contributed by atoms with Gasteiger partial charge < -0.3 is 11.5 Å². The topological polar surface area (TPSA) is 225 Å². The normalized spacial score (nSPS) is 9.32. The molecule has 14 nitrogen and oxygen atoms in total. The van der Waals surface area contributed by atoms with Crippen molar-refractivity contribution in [3.63, 3.8) is 0 Å². The van der Waals surface area contributed by atoms with E-state index in [2.05, 4.69) is 0 Å². The summed E-state index contributed by atoms with van der Waals surface area (Å²) in [5, 5.41) is 41.5. The molecule has 0 aliphatic carbocycles. The molecule has 0 radical (unpaired) electrons. The minimum absolute atomic E-state index is 0. The summed E-state index contributed by atoms with van der Waals surface area (Å²) >= 11 is 1.75. The quantitative estimate of drug-likeness (QED) is 0.265. The van der Waals surface area contributed by atoms with Crippen LogP contribution in [0.5, 0.6) is 0 Å². The average molecular weight is 508 g/mol. The summed E-state index contributed by atoms with van der Waals surface area (Å²) in [4.78, 5) is 38.5. The fourth-order valence-electron chi connectivity index (χ4n) is 1.75. The maximum absolute atomic E-state index is 10.4. The molecule has 28 heavy (non-hydrogen) atoms. The van der Waals surface area contributed by atoms with Crippen LogP contribution < -0.4 is 11.5 Å². The van der Waals surface area contributed by atoms with Gasteiger partial charge >= 0.3 is 0 Å². The van der Waals surface area contributed by atoms with Gasteiger partial charge in [0.15, 0.2) is 11.4 Å². The highest BCUT2D eigenvalue weighted by molar-refractivity contribution is 14.1. The lowest BCUT2D eigenvalue weighted by molar-refractivity contribution is -0.392. The number of para-hydroxylation sites is 1. The average Bonchev–Trinajstić information content (AvgIpc) is 2.56. The standard InChI is InChI=1S/C6H4IN3O4.C6H5N3O4.CH4/c7-3-1-4(9(11)12)6(8)5(2-3)10(13)14;7-6-4(8(10)11)2-1-3-5(6)9(12)13;/h1-2H,8H2;1-3H,7H2;1H4. The number of nitrogens with zero attached hydrogens (tertiary/aromatic N) is 4. The van der Waals surface area contributed by atoms with Crippen molar-refractivity contribution >= 4 is 56.7 Å².